The maximum Gasteiger partial charge on any atom is 0.259 e. The molecule has 0 spiro atoms. The molecule has 0 atom stereocenters. The number of nitrogens with one attached hydrogen (secondary N) is 1. The fourth-order valence-electron chi connectivity index (χ4n) is 3.90. The first-order valence-corrected chi connectivity index (χ1v) is 11.4. The Morgan fingerprint density at radius 1 is 1.06 bits per heavy atom. The second-order valence-electron chi connectivity index (χ2n) is 8.04. The van der Waals surface area contributed by atoms with Gasteiger partial charge in [-0.1, -0.05) is 12.1 Å². The standard InChI is InChI=1S/C23H25FN4O3S/c1-14-15(2)32-23-21(14)22(31)25-18(26-23)7-8-19(29)27-9-11-28(12-10-27)20(30)13-16-3-5-17(24)6-4-16/h3-6H,7-13H2,1-2H3,(H,25,26,31). The summed E-state index contributed by atoms with van der Waals surface area (Å²) in [7, 11) is 0. The summed E-state index contributed by atoms with van der Waals surface area (Å²) in [6.45, 7) is 5.77. The average molecular weight is 457 g/mol. The molecule has 32 heavy (non-hydrogen) atoms. The van der Waals surface area contributed by atoms with Crippen LogP contribution in [0, 0.1) is 19.7 Å². The predicted molar refractivity (Wildman–Crippen MR) is 121 cm³/mol. The number of piperazine rings is 1. The Bertz CT molecular complexity index is 1210. The highest BCUT2D eigenvalue weighted by Gasteiger charge is 2.24. The quantitative estimate of drug-likeness (QED) is 0.640. The molecule has 4 rings (SSSR count). The SMILES string of the molecule is Cc1sc2nc(CCC(=O)N3CCN(C(=O)Cc4ccc(F)cc4)CC3)[nH]c(=O)c2c1C. The third kappa shape index (κ3) is 4.72. The van der Waals surface area contributed by atoms with E-state index < -0.39 is 0 Å². The van der Waals surface area contributed by atoms with Gasteiger partial charge in [0.25, 0.3) is 5.56 Å². The lowest BCUT2D eigenvalue weighted by atomic mass is 10.1. The van der Waals surface area contributed by atoms with Gasteiger partial charge >= 0.3 is 0 Å². The summed E-state index contributed by atoms with van der Waals surface area (Å²) in [6.07, 6.45) is 0.836. The third-order valence-corrected chi connectivity index (χ3v) is 7.02. The minimum atomic E-state index is -0.326. The number of aromatic nitrogens is 2. The van der Waals surface area contributed by atoms with Crippen molar-refractivity contribution in [1.29, 1.82) is 0 Å². The summed E-state index contributed by atoms with van der Waals surface area (Å²) in [6, 6.07) is 5.92. The highest BCUT2D eigenvalue weighted by Crippen LogP contribution is 2.25. The van der Waals surface area contributed by atoms with E-state index >= 15 is 0 Å². The van der Waals surface area contributed by atoms with Crippen LogP contribution in [0.4, 0.5) is 4.39 Å². The molecule has 0 radical (unpaired) electrons. The van der Waals surface area contributed by atoms with Gasteiger partial charge in [-0.25, -0.2) is 9.37 Å². The van der Waals surface area contributed by atoms with Gasteiger partial charge in [0.2, 0.25) is 11.8 Å². The Hall–Kier alpha value is -3.07. The summed E-state index contributed by atoms with van der Waals surface area (Å²) < 4.78 is 13.0. The number of benzene rings is 1. The molecular formula is C23H25FN4O3S. The molecule has 1 N–H and O–H groups in total. The minimum Gasteiger partial charge on any atom is -0.339 e. The molecule has 0 saturated carbocycles. The van der Waals surface area contributed by atoms with Crippen molar-refractivity contribution in [2.24, 2.45) is 0 Å². The zero-order valence-corrected chi connectivity index (χ0v) is 18.9. The molecule has 9 heteroatoms. The molecule has 1 aromatic carbocycles. The number of thiophene rings is 1. The number of aryl methyl sites for hydroxylation is 3. The highest BCUT2D eigenvalue weighted by molar-refractivity contribution is 7.18. The number of hydrogen-bond donors (Lipinski definition) is 1. The predicted octanol–water partition coefficient (Wildman–Crippen LogP) is 2.59. The molecule has 0 bridgehead atoms. The van der Waals surface area contributed by atoms with Gasteiger partial charge in [0, 0.05) is 43.9 Å². The Kier molecular flexibility index (Phi) is 6.36. The summed E-state index contributed by atoms with van der Waals surface area (Å²) >= 11 is 1.49. The third-order valence-electron chi connectivity index (χ3n) is 5.92. The first-order chi connectivity index (χ1) is 15.3. The summed E-state index contributed by atoms with van der Waals surface area (Å²) in [5.41, 5.74) is 1.56. The van der Waals surface area contributed by atoms with Crippen LogP contribution in [-0.2, 0) is 22.4 Å². The fourth-order valence-corrected chi connectivity index (χ4v) is 4.94. The van der Waals surface area contributed by atoms with E-state index in [0.717, 1.165) is 16.0 Å². The van der Waals surface area contributed by atoms with Crippen LogP contribution >= 0.6 is 11.3 Å². The molecule has 1 fully saturated rings. The fraction of sp³-hybridized carbons (Fsp3) is 0.391. The number of amides is 2. The van der Waals surface area contributed by atoms with E-state index in [1.807, 2.05) is 13.8 Å². The molecular weight excluding hydrogens is 431 g/mol. The first kappa shape index (κ1) is 22.1. The van der Waals surface area contributed by atoms with Crippen molar-refractivity contribution in [2.75, 3.05) is 26.2 Å². The van der Waals surface area contributed by atoms with Crippen molar-refractivity contribution < 1.29 is 14.0 Å². The van der Waals surface area contributed by atoms with E-state index in [0.29, 0.717) is 48.6 Å². The molecule has 3 aromatic rings. The topological polar surface area (TPSA) is 86.4 Å². The zero-order chi connectivity index (χ0) is 22.8. The number of halogens is 1. The lowest BCUT2D eigenvalue weighted by Gasteiger charge is -2.35. The van der Waals surface area contributed by atoms with Crippen LogP contribution in [0.2, 0.25) is 0 Å². The van der Waals surface area contributed by atoms with Crippen LogP contribution in [0.1, 0.15) is 28.2 Å². The van der Waals surface area contributed by atoms with Crippen molar-refractivity contribution in [1.82, 2.24) is 19.8 Å². The average Bonchev–Trinajstić information content (AvgIpc) is 3.07. The number of H-pyrrole nitrogens is 1. The second-order valence-corrected chi connectivity index (χ2v) is 9.24. The lowest BCUT2D eigenvalue weighted by molar-refractivity contribution is -0.139. The van der Waals surface area contributed by atoms with Crippen molar-refractivity contribution in [3.63, 3.8) is 0 Å². The number of aromatic amines is 1. The Morgan fingerprint density at radius 3 is 2.34 bits per heavy atom. The second kappa shape index (κ2) is 9.20. The number of carbonyl (C=O) groups is 2. The van der Waals surface area contributed by atoms with Gasteiger partial charge in [-0.3, -0.25) is 14.4 Å². The zero-order valence-electron chi connectivity index (χ0n) is 18.1. The van der Waals surface area contributed by atoms with Gasteiger partial charge in [-0.15, -0.1) is 11.3 Å². The van der Waals surface area contributed by atoms with Gasteiger partial charge in [-0.05, 0) is 37.1 Å². The molecule has 168 valence electrons. The number of carbonyl (C=O) groups excluding carboxylic acids is 2. The van der Waals surface area contributed by atoms with Crippen LogP contribution in [-0.4, -0.2) is 57.8 Å². The number of nitrogens with zero attached hydrogens (tertiary/aromatic N) is 3. The van der Waals surface area contributed by atoms with Crippen LogP contribution in [0.25, 0.3) is 10.2 Å². The summed E-state index contributed by atoms with van der Waals surface area (Å²) in [4.78, 5) is 50.1. The Balaban J connectivity index is 1.29. The summed E-state index contributed by atoms with van der Waals surface area (Å²) in [5.74, 6) is 0.149. The van der Waals surface area contributed by atoms with Crippen LogP contribution in [0.15, 0.2) is 29.1 Å². The molecule has 1 saturated heterocycles. The van der Waals surface area contributed by atoms with Gasteiger partial charge in [0.05, 0.1) is 11.8 Å². The van der Waals surface area contributed by atoms with Crippen LogP contribution in [0.3, 0.4) is 0 Å². The van der Waals surface area contributed by atoms with Gasteiger partial charge < -0.3 is 14.8 Å². The van der Waals surface area contributed by atoms with Crippen molar-refractivity contribution >= 4 is 33.4 Å². The number of hydrogen-bond acceptors (Lipinski definition) is 5. The first-order valence-electron chi connectivity index (χ1n) is 10.6. The molecule has 2 aromatic heterocycles. The van der Waals surface area contributed by atoms with E-state index in [2.05, 4.69) is 9.97 Å². The van der Waals surface area contributed by atoms with E-state index in [-0.39, 0.29) is 36.0 Å². The van der Waals surface area contributed by atoms with Gasteiger partial charge in [-0.2, -0.15) is 0 Å². The molecule has 7 nitrogen and oxygen atoms in total. The molecule has 2 amide bonds. The number of rotatable bonds is 5. The maximum atomic E-state index is 13.0. The monoisotopic (exact) mass is 456 g/mol. The lowest BCUT2D eigenvalue weighted by Crippen LogP contribution is -2.51. The van der Waals surface area contributed by atoms with Gasteiger partial charge in [0.1, 0.15) is 16.5 Å². The Morgan fingerprint density at radius 2 is 1.69 bits per heavy atom. The molecule has 3 heterocycles. The summed E-state index contributed by atoms with van der Waals surface area (Å²) in [5, 5.41) is 0.629. The molecule has 0 aliphatic carbocycles. The maximum absolute atomic E-state index is 13.0. The van der Waals surface area contributed by atoms with E-state index in [4.69, 9.17) is 0 Å². The van der Waals surface area contributed by atoms with E-state index in [1.54, 1.807) is 21.9 Å². The largest absolute Gasteiger partial charge is 0.339 e. The normalized spacial score (nSPS) is 14.2. The van der Waals surface area contributed by atoms with Crippen molar-refractivity contribution in [3.05, 3.63) is 62.3 Å². The molecule has 0 unspecified atom stereocenters. The number of fused-ring (bicyclic) bond motifs is 1. The van der Waals surface area contributed by atoms with E-state index in [9.17, 15) is 18.8 Å². The van der Waals surface area contributed by atoms with E-state index in [1.165, 1.54) is 23.5 Å². The van der Waals surface area contributed by atoms with Crippen LogP contribution in [0.5, 0.6) is 0 Å². The van der Waals surface area contributed by atoms with Crippen molar-refractivity contribution in [2.45, 2.75) is 33.1 Å². The van der Waals surface area contributed by atoms with Crippen LogP contribution < -0.4 is 5.56 Å². The van der Waals surface area contributed by atoms with Gasteiger partial charge in [0.15, 0.2) is 0 Å². The smallest absolute Gasteiger partial charge is 0.259 e. The molecule has 1 aliphatic rings. The highest BCUT2D eigenvalue weighted by atomic mass is 32.1. The molecule has 1 aliphatic heterocycles. The van der Waals surface area contributed by atoms with Crippen molar-refractivity contribution in [3.8, 4) is 0 Å². The minimum absolute atomic E-state index is 0.0167. The Labute approximate surface area is 188 Å².